The topological polar surface area (TPSA) is 96.2 Å². The fraction of sp³-hybridized carbons (Fsp3) is 0.154. The summed E-state index contributed by atoms with van der Waals surface area (Å²) in [6.07, 6.45) is 6.97. The van der Waals surface area contributed by atoms with Crippen LogP contribution in [0, 0.1) is 22.5 Å². The minimum absolute atomic E-state index is 0.0929. The molecule has 1 heterocycles. The van der Waals surface area contributed by atoms with E-state index in [-0.39, 0.29) is 24.1 Å². The number of aromatic nitrogens is 1. The van der Waals surface area contributed by atoms with Crippen LogP contribution < -0.4 is 0 Å². The van der Waals surface area contributed by atoms with Crippen LogP contribution in [0.4, 0.5) is 5.69 Å². The first-order valence-electron chi connectivity index (χ1n) is 5.50. The Morgan fingerprint density at radius 1 is 1.53 bits per heavy atom. The lowest BCUT2D eigenvalue weighted by atomic mass is 10.0. The third kappa shape index (κ3) is 2.26. The van der Waals surface area contributed by atoms with Gasteiger partial charge in [-0.3, -0.25) is 14.9 Å². The van der Waals surface area contributed by atoms with Gasteiger partial charge in [-0.05, 0) is 24.1 Å². The van der Waals surface area contributed by atoms with E-state index in [1.807, 2.05) is 0 Å². The van der Waals surface area contributed by atoms with Gasteiger partial charge in [-0.1, -0.05) is 5.92 Å². The van der Waals surface area contributed by atoms with E-state index in [2.05, 4.69) is 10.9 Å². The quantitative estimate of drug-likeness (QED) is 0.498. The summed E-state index contributed by atoms with van der Waals surface area (Å²) in [5.74, 6) is 1.33. The fourth-order valence-electron chi connectivity index (χ4n) is 2.02. The summed E-state index contributed by atoms with van der Waals surface area (Å²) >= 11 is 0. The number of nitrogens with one attached hydrogen (secondary N) is 1. The van der Waals surface area contributed by atoms with Gasteiger partial charge in [0.1, 0.15) is 5.56 Å². The highest BCUT2D eigenvalue weighted by atomic mass is 16.6. The number of hydrogen-bond acceptors (Lipinski definition) is 3. The van der Waals surface area contributed by atoms with Crippen LogP contribution in [0.15, 0.2) is 18.3 Å². The number of nitrogens with zero attached hydrogens (tertiary/aromatic N) is 1. The first-order chi connectivity index (χ1) is 9.04. The van der Waals surface area contributed by atoms with E-state index in [0.717, 1.165) is 0 Å². The molecule has 2 N–H and O–H groups in total. The molecule has 0 radical (unpaired) electrons. The highest BCUT2D eigenvalue weighted by Crippen LogP contribution is 2.32. The molecule has 19 heavy (non-hydrogen) atoms. The average Bonchev–Trinajstić information content (AvgIpc) is 2.77. The molecule has 0 saturated heterocycles. The first kappa shape index (κ1) is 12.6. The lowest BCUT2D eigenvalue weighted by Gasteiger charge is -2.01. The number of H-pyrrole nitrogens is 1. The molecule has 0 bridgehead atoms. The summed E-state index contributed by atoms with van der Waals surface area (Å²) < 4.78 is 0. The molecule has 0 fully saturated rings. The minimum Gasteiger partial charge on any atom is -0.481 e. The van der Waals surface area contributed by atoms with Crippen molar-refractivity contribution in [1.29, 1.82) is 0 Å². The molecule has 1 aromatic heterocycles. The largest absolute Gasteiger partial charge is 0.481 e. The zero-order valence-corrected chi connectivity index (χ0v) is 9.84. The highest BCUT2D eigenvalue weighted by Gasteiger charge is 2.21. The predicted octanol–water partition coefficient (Wildman–Crippen LogP) is 2.07. The Morgan fingerprint density at radius 3 is 2.84 bits per heavy atom. The number of nitro groups is 1. The Kier molecular flexibility index (Phi) is 3.21. The van der Waals surface area contributed by atoms with Crippen LogP contribution in [0.5, 0.6) is 0 Å². The smallest absolute Gasteiger partial charge is 0.303 e. The Hall–Kier alpha value is -2.81. The Bertz CT molecular complexity index is 709. The van der Waals surface area contributed by atoms with Crippen molar-refractivity contribution in [3.05, 3.63) is 39.6 Å². The number of carboxylic acids is 1. The maximum absolute atomic E-state index is 11.2. The Labute approximate surface area is 108 Å². The summed E-state index contributed by atoms with van der Waals surface area (Å²) in [4.78, 5) is 24.1. The molecule has 1 aromatic carbocycles. The molecule has 2 aromatic rings. The van der Waals surface area contributed by atoms with Crippen molar-refractivity contribution in [3.8, 4) is 12.3 Å². The number of benzene rings is 1. The predicted molar refractivity (Wildman–Crippen MR) is 68.8 cm³/mol. The molecule has 96 valence electrons. The number of fused-ring (bicyclic) bond motifs is 1. The van der Waals surface area contributed by atoms with E-state index in [1.54, 1.807) is 12.3 Å². The van der Waals surface area contributed by atoms with Gasteiger partial charge in [0.2, 0.25) is 0 Å². The van der Waals surface area contributed by atoms with Gasteiger partial charge in [0, 0.05) is 12.6 Å². The van der Waals surface area contributed by atoms with Crippen molar-refractivity contribution in [2.24, 2.45) is 0 Å². The molecule has 2 rings (SSSR count). The van der Waals surface area contributed by atoms with Crippen LogP contribution in [0.3, 0.4) is 0 Å². The number of carbonyl (C=O) groups is 1. The maximum atomic E-state index is 11.2. The molecular weight excluding hydrogens is 248 g/mol. The third-order valence-electron chi connectivity index (χ3n) is 2.85. The minimum atomic E-state index is -0.954. The molecular formula is C13H10N2O4. The average molecular weight is 258 g/mol. The van der Waals surface area contributed by atoms with E-state index in [9.17, 15) is 14.9 Å². The van der Waals surface area contributed by atoms with Crippen LogP contribution in [-0.2, 0) is 11.2 Å². The number of rotatable bonds is 4. The van der Waals surface area contributed by atoms with E-state index in [4.69, 9.17) is 11.5 Å². The van der Waals surface area contributed by atoms with Crippen molar-refractivity contribution in [2.75, 3.05) is 0 Å². The van der Waals surface area contributed by atoms with Crippen molar-refractivity contribution in [1.82, 2.24) is 4.98 Å². The summed E-state index contributed by atoms with van der Waals surface area (Å²) in [5.41, 5.74) is 1.20. The first-order valence-corrected chi connectivity index (χ1v) is 5.50. The molecule has 0 aliphatic rings. The molecule has 0 aliphatic carbocycles. The van der Waals surface area contributed by atoms with Crippen molar-refractivity contribution in [2.45, 2.75) is 12.8 Å². The van der Waals surface area contributed by atoms with Crippen LogP contribution in [0.25, 0.3) is 10.9 Å². The van der Waals surface area contributed by atoms with Gasteiger partial charge < -0.3 is 10.1 Å². The van der Waals surface area contributed by atoms with E-state index in [1.165, 1.54) is 6.07 Å². The van der Waals surface area contributed by atoms with Crippen LogP contribution >= 0.6 is 0 Å². The second-order valence-corrected chi connectivity index (χ2v) is 3.99. The number of terminal acetylenes is 1. The van der Waals surface area contributed by atoms with Crippen molar-refractivity contribution < 1.29 is 14.8 Å². The lowest BCUT2D eigenvalue weighted by Crippen LogP contribution is -1.98. The normalized spacial score (nSPS) is 10.3. The second kappa shape index (κ2) is 4.82. The summed E-state index contributed by atoms with van der Waals surface area (Å²) in [5, 5.41) is 20.2. The summed E-state index contributed by atoms with van der Waals surface area (Å²) in [7, 11) is 0. The highest BCUT2D eigenvalue weighted by molar-refractivity contribution is 5.94. The van der Waals surface area contributed by atoms with Crippen LogP contribution in [0.2, 0.25) is 0 Å². The number of aryl methyl sites for hydroxylation is 1. The molecule has 6 heteroatoms. The van der Waals surface area contributed by atoms with Gasteiger partial charge in [0.25, 0.3) is 5.69 Å². The molecule has 0 unspecified atom stereocenters. The van der Waals surface area contributed by atoms with Gasteiger partial charge in [0.15, 0.2) is 0 Å². The fourth-order valence-corrected chi connectivity index (χ4v) is 2.02. The number of carboxylic acid groups (broad SMARTS) is 1. The van der Waals surface area contributed by atoms with E-state index >= 15 is 0 Å². The summed E-state index contributed by atoms with van der Waals surface area (Å²) in [6.45, 7) is 0. The van der Waals surface area contributed by atoms with Gasteiger partial charge in [-0.25, -0.2) is 0 Å². The molecule has 0 atom stereocenters. The molecule has 0 amide bonds. The third-order valence-corrected chi connectivity index (χ3v) is 2.85. The number of aromatic amines is 1. The molecule has 6 nitrogen and oxygen atoms in total. The number of nitro benzene ring substituents is 1. The zero-order valence-electron chi connectivity index (χ0n) is 9.84. The van der Waals surface area contributed by atoms with Gasteiger partial charge >= 0.3 is 5.97 Å². The van der Waals surface area contributed by atoms with Crippen LogP contribution in [-0.4, -0.2) is 21.0 Å². The molecule has 0 saturated carbocycles. The van der Waals surface area contributed by atoms with E-state index < -0.39 is 10.9 Å². The number of hydrogen-bond donors (Lipinski definition) is 2. The zero-order chi connectivity index (χ0) is 14.0. The van der Waals surface area contributed by atoms with E-state index in [0.29, 0.717) is 16.5 Å². The summed E-state index contributed by atoms with van der Waals surface area (Å²) in [6, 6.07) is 3.15. The SMILES string of the molecule is C#Cc1ccc2[nH]cc(CCC(=O)O)c2c1[N+](=O)[O-]. The van der Waals surface area contributed by atoms with Gasteiger partial charge in [-0.2, -0.15) is 0 Å². The van der Waals surface area contributed by atoms with Crippen LogP contribution in [0.1, 0.15) is 17.5 Å². The lowest BCUT2D eigenvalue weighted by molar-refractivity contribution is -0.383. The second-order valence-electron chi connectivity index (χ2n) is 3.99. The molecule has 0 spiro atoms. The Morgan fingerprint density at radius 2 is 2.26 bits per heavy atom. The van der Waals surface area contributed by atoms with Crippen molar-refractivity contribution in [3.63, 3.8) is 0 Å². The van der Waals surface area contributed by atoms with Gasteiger partial charge in [0.05, 0.1) is 15.8 Å². The number of aliphatic carboxylic acids is 1. The van der Waals surface area contributed by atoms with Crippen molar-refractivity contribution >= 4 is 22.6 Å². The van der Waals surface area contributed by atoms with Gasteiger partial charge in [-0.15, -0.1) is 6.42 Å². The monoisotopic (exact) mass is 258 g/mol. The standard InChI is InChI=1S/C13H10N2O4/c1-2-8-3-5-10-12(13(8)15(18)19)9(7-14-10)4-6-11(16)17/h1,3,5,7,14H,4,6H2,(H,16,17). The maximum Gasteiger partial charge on any atom is 0.303 e. The Balaban J connectivity index is 2.64. The molecule has 0 aliphatic heterocycles.